The Balaban J connectivity index is 2.56. The van der Waals surface area contributed by atoms with Crippen molar-refractivity contribution in [2.24, 2.45) is 16.6 Å². The molecule has 0 amide bonds. The van der Waals surface area contributed by atoms with E-state index < -0.39 is 0 Å². The number of hydroxylamine groups is 1. The zero-order valence-electron chi connectivity index (χ0n) is 24.7. The van der Waals surface area contributed by atoms with Crippen LogP contribution in [-0.4, -0.2) is 64.7 Å². The molecule has 1 aromatic rings. The van der Waals surface area contributed by atoms with E-state index in [2.05, 4.69) is 45.1 Å². The fourth-order valence-electron chi connectivity index (χ4n) is 3.59. The fraction of sp³-hybridized carbons (Fsp3) is 0.786. The summed E-state index contributed by atoms with van der Waals surface area (Å²) in [6, 6.07) is 3.71. The first kappa shape index (κ1) is 32.4. The van der Waals surface area contributed by atoms with Crippen molar-refractivity contribution in [2.45, 2.75) is 79.9 Å². The summed E-state index contributed by atoms with van der Waals surface area (Å²) < 4.78 is 23.1. The molecule has 0 aliphatic carbocycles. The lowest BCUT2D eigenvalue weighted by molar-refractivity contribution is -0.0595. The molecule has 0 spiro atoms. The smallest absolute Gasteiger partial charge is 0.207 e. The fourth-order valence-corrected chi connectivity index (χ4v) is 3.59. The molecule has 0 fully saturated rings. The van der Waals surface area contributed by atoms with Crippen molar-refractivity contribution in [1.82, 2.24) is 10.4 Å². The van der Waals surface area contributed by atoms with Crippen molar-refractivity contribution >= 4 is 0 Å². The number of nitrogens with one attached hydrogen (secondary N) is 1. The summed E-state index contributed by atoms with van der Waals surface area (Å²) in [5.41, 5.74) is 9.78. The number of benzene rings is 1. The van der Waals surface area contributed by atoms with Gasteiger partial charge < -0.3 is 29.6 Å². The number of hydrogen-bond acceptors (Lipinski definition) is 8. The number of nitrogens with two attached hydrogens (primary N) is 1. The highest BCUT2D eigenvalue weighted by atomic mass is 16.8. The zero-order chi connectivity index (χ0) is 27.6. The van der Waals surface area contributed by atoms with Crippen molar-refractivity contribution < 1.29 is 23.8 Å². The van der Waals surface area contributed by atoms with Crippen LogP contribution in [0.15, 0.2) is 12.1 Å². The lowest BCUT2D eigenvalue weighted by atomic mass is 9.88. The molecule has 0 aromatic heterocycles. The highest BCUT2D eigenvalue weighted by Crippen LogP contribution is 2.39. The Morgan fingerprint density at radius 2 is 1.47 bits per heavy atom. The van der Waals surface area contributed by atoms with Crippen LogP contribution >= 0.6 is 0 Å². The van der Waals surface area contributed by atoms with Crippen LogP contribution in [0.2, 0.25) is 0 Å². The van der Waals surface area contributed by atoms with Gasteiger partial charge in [0.2, 0.25) is 6.79 Å². The minimum atomic E-state index is -0.281. The van der Waals surface area contributed by atoms with Gasteiger partial charge in [0.05, 0.1) is 25.9 Å². The molecule has 0 aliphatic heterocycles. The van der Waals surface area contributed by atoms with Gasteiger partial charge in [-0.15, -0.1) is 0 Å². The van der Waals surface area contributed by atoms with E-state index in [0.717, 1.165) is 31.5 Å². The first-order valence-electron chi connectivity index (χ1n) is 12.9. The summed E-state index contributed by atoms with van der Waals surface area (Å²) in [5, 5.41) is 0. The van der Waals surface area contributed by atoms with Gasteiger partial charge in [-0.2, -0.15) is 5.48 Å². The first-order chi connectivity index (χ1) is 16.6. The largest absolute Gasteiger partial charge is 0.496 e. The Labute approximate surface area is 220 Å². The molecular weight excluding hydrogens is 458 g/mol. The average molecular weight is 512 g/mol. The van der Waals surface area contributed by atoms with Gasteiger partial charge in [-0.3, -0.25) is 4.84 Å². The third-order valence-corrected chi connectivity index (χ3v) is 6.30. The predicted octanol–water partition coefficient (Wildman–Crippen LogP) is 5.16. The number of rotatable bonds is 17. The summed E-state index contributed by atoms with van der Waals surface area (Å²) in [6.07, 6.45) is 1.97. The normalized spacial score (nSPS) is 13.7. The van der Waals surface area contributed by atoms with Crippen LogP contribution in [0.1, 0.15) is 79.9 Å². The molecule has 0 heterocycles. The topological polar surface area (TPSA) is 87.4 Å². The van der Waals surface area contributed by atoms with Crippen LogP contribution in [0.25, 0.3) is 0 Å². The van der Waals surface area contributed by atoms with Crippen molar-refractivity contribution in [2.75, 3.05) is 54.2 Å². The third kappa shape index (κ3) is 12.1. The van der Waals surface area contributed by atoms with E-state index >= 15 is 0 Å². The lowest BCUT2D eigenvalue weighted by Gasteiger charge is -2.30. The minimum absolute atomic E-state index is 0.0387. The second kappa shape index (κ2) is 14.4. The van der Waals surface area contributed by atoms with Crippen molar-refractivity contribution in [1.29, 1.82) is 0 Å². The summed E-state index contributed by atoms with van der Waals surface area (Å²) in [4.78, 5) is 7.96. The van der Waals surface area contributed by atoms with Crippen LogP contribution in [-0.2, 0) is 9.57 Å². The molecule has 0 saturated heterocycles. The monoisotopic (exact) mass is 511 g/mol. The molecule has 1 aromatic carbocycles. The Morgan fingerprint density at radius 1 is 0.889 bits per heavy atom. The Kier molecular flexibility index (Phi) is 13.0. The van der Waals surface area contributed by atoms with Gasteiger partial charge in [0.15, 0.2) is 11.5 Å². The highest BCUT2D eigenvalue weighted by Gasteiger charge is 2.23. The molecular formula is C28H53N3O5. The quantitative estimate of drug-likeness (QED) is 0.168. The standard InChI is InChI=1S/C28H53N3O5/c1-21(36-26(2,3)4)22-16-24(33-11)25(17-23(22)32-10)34-20-35-30-19-28(7,8)13-15-31(9)14-12-27(5,6)18-29/h16-17,21,30H,12-15,18-20,29H2,1-11H3. The van der Waals surface area contributed by atoms with Gasteiger partial charge in [0.25, 0.3) is 0 Å². The molecule has 3 N–H and O–H groups in total. The van der Waals surface area contributed by atoms with Gasteiger partial charge in [-0.25, -0.2) is 0 Å². The van der Waals surface area contributed by atoms with E-state index in [0.29, 0.717) is 30.3 Å². The number of nitrogens with zero attached hydrogens (tertiary/aromatic N) is 1. The van der Waals surface area contributed by atoms with Crippen LogP contribution in [0.4, 0.5) is 0 Å². The second-order valence-electron chi connectivity index (χ2n) is 12.2. The molecule has 8 nitrogen and oxygen atoms in total. The molecule has 36 heavy (non-hydrogen) atoms. The van der Waals surface area contributed by atoms with Crippen LogP contribution in [0.5, 0.6) is 17.2 Å². The maximum Gasteiger partial charge on any atom is 0.207 e. The van der Waals surface area contributed by atoms with Gasteiger partial charge in [-0.05, 0) is 84.1 Å². The van der Waals surface area contributed by atoms with E-state index in [1.807, 2.05) is 39.8 Å². The second-order valence-corrected chi connectivity index (χ2v) is 12.2. The van der Waals surface area contributed by atoms with Gasteiger partial charge in [0, 0.05) is 18.2 Å². The molecule has 0 bridgehead atoms. The van der Waals surface area contributed by atoms with Crippen LogP contribution in [0.3, 0.4) is 0 Å². The molecule has 1 atom stereocenters. The van der Waals surface area contributed by atoms with E-state index in [9.17, 15) is 0 Å². The molecule has 1 unspecified atom stereocenters. The Morgan fingerprint density at radius 3 is 2.00 bits per heavy atom. The molecule has 8 heteroatoms. The number of hydrogen-bond donors (Lipinski definition) is 2. The minimum Gasteiger partial charge on any atom is -0.496 e. The number of ether oxygens (including phenoxy) is 4. The predicted molar refractivity (Wildman–Crippen MR) is 147 cm³/mol. The molecule has 1 rings (SSSR count). The number of methoxy groups -OCH3 is 2. The van der Waals surface area contributed by atoms with Crippen molar-refractivity contribution in [3.05, 3.63) is 17.7 Å². The molecule has 0 saturated carbocycles. The molecule has 0 aliphatic rings. The van der Waals surface area contributed by atoms with E-state index in [1.54, 1.807) is 14.2 Å². The van der Waals surface area contributed by atoms with Gasteiger partial charge in [0.1, 0.15) is 5.75 Å². The SMILES string of the molecule is COc1cc(C(C)OC(C)(C)C)c(OC)cc1OCONCC(C)(C)CCN(C)CCC(C)(C)CN. The Hall–Kier alpha value is -1.58. The molecule has 210 valence electrons. The maximum atomic E-state index is 6.10. The summed E-state index contributed by atoms with van der Waals surface area (Å²) >= 11 is 0. The first-order valence-corrected chi connectivity index (χ1v) is 12.9. The van der Waals surface area contributed by atoms with Crippen LogP contribution in [0, 0.1) is 10.8 Å². The van der Waals surface area contributed by atoms with Gasteiger partial charge >= 0.3 is 0 Å². The third-order valence-electron chi connectivity index (χ3n) is 6.30. The summed E-state index contributed by atoms with van der Waals surface area (Å²) in [6.45, 7) is 20.5. The molecule has 0 radical (unpaired) electrons. The summed E-state index contributed by atoms with van der Waals surface area (Å²) in [5.74, 6) is 1.82. The van der Waals surface area contributed by atoms with E-state index in [1.165, 1.54) is 0 Å². The van der Waals surface area contributed by atoms with Gasteiger partial charge in [-0.1, -0.05) is 27.7 Å². The lowest BCUT2D eigenvalue weighted by Crippen LogP contribution is -2.35. The van der Waals surface area contributed by atoms with E-state index in [-0.39, 0.29) is 29.3 Å². The highest BCUT2D eigenvalue weighted by molar-refractivity contribution is 5.51. The van der Waals surface area contributed by atoms with Crippen molar-refractivity contribution in [3.8, 4) is 17.2 Å². The van der Waals surface area contributed by atoms with Crippen LogP contribution < -0.4 is 25.4 Å². The van der Waals surface area contributed by atoms with E-state index in [4.69, 9.17) is 29.5 Å². The Bertz CT molecular complexity index is 777. The zero-order valence-corrected chi connectivity index (χ0v) is 24.7. The average Bonchev–Trinajstić information content (AvgIpc) is 2.79. The van der Waals surface area contributed by atoms with Crippen molar-refractivity contribution in [3.63, 3.8) is 0 Å². The maximum absolute atomic E-state index is 6.10. The summed E-state index contributed by atoms with van der Waals surface area (Å²) in [7, 11) is 5.42.